The van der Waals surface area contributed by atoms with Crippen molar-refractivity contribution >= 4 is 17.7 Å². The Bertz CT molecular complexity index is 1360. The lowest BCUT2D eigenvalue weighted by Gasteiger charge is -2.52. The fourth-order valence-electron chi connectivity index (χ4n) is 5.90. The predicted molar refractivity (Wildman–Crippen MR) is 153 cm³/mol. The molecule has 3 heterocycles. The number of carbonyl (C=O) groups is 3. The fraction of sp³-hybridized carbons (Fsp3) is 0.364. The Morgan fingerprint density at radius 3 is 1.82 bits per heavy atom. The number of quaternary nitrogens is 1. The summed E-state index contributed by atoms with van der Waals surface area (Å²) in [5.74, 6) is -3.22. The van der Waals surface area contributed by atoms with E-state index in [1.807, 2.05) is 66.7 Å². The van der Waals surface area contributed by atoms with Crippen LogP contribution in [0, 0.1) is 5.92 Å². The third-order valence-corrected chi connectivity index (χ3v) is 8.35. The number of ketones is 1. The molecule has 2 N–H and O–H groups in total. The maximum absolute atomic E-state index is 13.7. The molecule has 3 aliphatic heterocycles. The van der Waals surface area contributed by atoms with E-state index in [1.54, 1.807) is 24.3 Å². The minimum absolute atomic E-state index is 0.0888. The van der Waals surface area contributed by atoms with E-state index in [0.717, 1.165) is 55.6 Å². The molecule has 3 fully saturated rings. The first-order chi connectivity index (χ1) is 20.9. The summed E-state index contributed by atoms with van der Waals surface area (Å²) < 4.78 is 38.6. The minimum atomic E-state index is -5.19. The highest BCUT2D eigenvalue weighted by molar-refractivity contribution is 5.97. The summed E-state index contributed by atoms with van der Waals surface area (Å²) in [5, 5.41) is 23.9. The van der Waals surface area contributed by atoms with E-state index in [2.05, 4.69) is 5.32 Å². The molecule has 8 nitrogen and oxygen atoms in total. The molecule has 0 aliphatic carbocycles. The molecule has 2 bridgehead atoms. The zero-order valence-corrected chi connectivity index (χ0v) is 24.0. The van der Waals surface area contributed by atoms with Gasteiger partial charge in [0.2, 0.25) is 5.60 Å². The number of aliphatic carboxylic acids is 1. The number of hydrogen-bond acceptors (Lipinski definition) is 7. The number of carboxylic acid groups (broad SMARTS) is 1. The molecule has 0 unspecified atom stereocenters. The SMILES string of the molecule is O=C(CNCC[N+]12CCC(CC1)[C@@H](OC(=O)C(O)(c1ccccc1)c1ccccc1)C2)c1ccccc1.O=C([O-])C(F)(F)F. The molecular weight excluding hydrogens is 577 g/mol. The number of nitrogens with one attached hydrogen (secondary N) is 1. The number of carboxylic acids is 1. The molecule has 1 atom stereocenters. The van der Waals surface area contributed by atoms with Crippen LogP contribution in [0.5, 0.6) is 0 Å². The van der Waals surface area contributed by atoms with Crippen molar-refractivity contribution in [2.75, 3.05) is 39.3 Å². The van der Waals surface area contributed by atoms with Crippen molar-refractivity contribution in [2.24, 2.45) is 5.92 Å². The number of Topliss-reactive ketones (excluding diaryl/α,β-unsaturated/α-hetero) is 1. The van der Waals surface area contributed by atoms with Crippen molar-refractivity contribution in [3.8, 4) is 0 Å². The summed E-state index contributed by atoms with van der Waals surface area (Å²) in [6.45, 7) is 4.76. The average Bonchev–Trinajstić information content (AvgIpc) is 3.04. The van der Waals surface area contributed by atoms with Crippen molar-refractivity contribution < 1.29 is 47.0 Å². The highest BCUT2D eigenvalue weighted by atomic mass is 19.4. The topological polar surface area (TPSA) is 116 Å². The Kier molecular flexibility index (Phi) is 10.6. The second kappa shape index (κ2) is 14.1. The van der Waals surface area contributed by atoms with Crippen LogP contribution in [0.2, 0.25) is 0 Å². The van der Waals surface area contributed by atoms with Gasteiger partial charge in [0, 0.05) is 30.9 Å². The van der Waals surface area contributed by atoms with Crippen LogP contribution in [-0.4, -0.2) is 78.9 Å². The van der Waals surface area contributed by atoms with Gasteiger partial charge in [-0.1, -0.05) is 91.0 Å². The molecule has 6 rings (SSSR count). The summed E-state index contributed by atoms with van der Waals surface area (Å²) in [6.07, 6.45) is -3.44. The number of ether oxygens (including phenoxy) is 1. The molecule has 0 aromatic heterocycles. The van der Waals surface area contributed by atoms with E-state index >= 15 is 0 Å². The largest absolute Gasteiger partial charge is 0.542 e. The standard InChI is InChI=1S/C31H35N2O4.C2HF3O2/c34-28(24-10-4-1-5-11-24)22-32-18-21-33-19-16-25(17-20-33)29(23-33)37-30(35)31(36,26-12-6-2-7-13-26)27-14-8-3-9-15-27;3-2(4,5)1(6)7/h1-15,25,29,32,36H,16-23H2;(H,6,7)/q+1;/p-1/t25?,29-,33?;/m0./s1. The van der Waals surface area contributed by atoms with Gasteiger partial charge in [-0.25, -0.2) is 4.79 Å². The van der Waals surface area contributed by atoms with Crippen molar-refractivity contribution in [2.45, 2.75) is 30.7 Å². The third-order valence-electron chi connectivity index (χ3n) is 8.35. The molecule has 3 saturated heterocycles. The average molecular weight is 613 g/mol. The van der Waals surface area contributed by atoms with E-state index in [0.29, 0.717) is 23.6 Å². The third kappa shape index (κ3) is 7.90. The van der Waals surface area contributed by atoms with Gasteiger partial charge in [0.15, 0.2) is 11.9 Å². The highest BCUT2D eigenvalue weighted by Gasteiger charge is 2.50. The zero-order valence-electron chi connectivity index (χ0n) is 24.0. The number of nitrogens with zero attached hydrogens (tertiary/aromatic N) is 1. The van der Waals surface area contributed by atoms with Crippen LogP contribution in [0.3, 0.4) is 0 Å². The monoisotopic (exact) mass is 612 g/mol. The second-order valence-electron chi connectivity index (χ2n) is 11.2. The molecule has 0 radical (unpaired) electrons. The van der Waals surface area contributed by atoms with Crippen molar-refractivity contribution in [3.63, 3.8) is 0 Å². The second-order valence-corrected chi connectivity index (χ2v) is 11.2. The summed E-state index contributed by atoms with van der Waals surface area (Å²) in [6, 6.07) is 27.4. The Morgan fingerprint density at radius 1 is 0.864 bits per heavy atom. The van der Waals surface area contributed by atoms with Crippen LogP contribution in [0.25, 0.3) is 0 Å². The van der Waals surface area contributed by atoms with Crippen LogP contribution < -0.4 is 10.4 Å². The number of benzene rings is 3. The Hall–Kier alpha value is -4.06. The number of rotatable bonds is 10. The van der Waals surface area contributed by atoms with Gasteiger partial charge in [-0.3, -0.25) is 4.79 Å². The van der Waals surface area contributed by atoms with Crippen LogP contribution >= 0.6 is 0 Å². The van der Waals surface area contributed by atoms with Crippen LogP contribution in [-0.2, 0) is 19.9 Å². The lowest BCUT2D eigenvalue weighted by atomic mass is 9.82. The van der Waals surface area contributed by atoms with Gasteiger partial charge in [-0.05, 0) is 11.1 Å². The van der Waals surface area contributed by atoms with Gasteiger partial charge in [0.05, 0.1) is 26.2 Å². The molecule has 3 aliphatic rings. The summed E-state index contributed by atoms with van der Waals surface area (Å²) in [4.78, 5) is 34.8. The Labute approximate surface area is 253 Å². The number of fused-ring (bicyclic) bond motifs is 3. The molecule has 0 amide bonds. The first-order valence-corrected chi connectivity index (χ1v) is 14.4. The first kappa shape index (κ1) is 32.8. The molecule has 234 valence electrons. The van der Waals surface area contributed by atoms with E-state index in [-0.39, 0.29) is 11.9 Å². The first-order valence-electron chi connectivity index (χ1n) is 14.4. The van der Waals surface area contributed by atoms with Gasteiger partial charge < -0.3 is 29.5 Å². The molecule has 44 heavy (non-hydrogen) atoms. The molecule has 3 aromatic rings. The fourth-order valence-corrected chi connectivity index (χ4v) is 5.90. The Balaban J connectivity index is 0.000000566. The van der Waals surface area contributed by atoms with Crippen LogP contribution in [0.4, 0.5) is 13.2 Å². The molecular formula is C33H35F3N2O6. The lowest BCUT2D eigenvalue weighted by molar-refractivity contribution is -0.945. The number of alkyl halides is 3. The maximum Gasteiger partial charge on any atom is 0.430 e. The number of halogens is 3. The van der Waals surface area contributed by atoms with Gasteiger partial charge in [0.1, 0.15) is 12.5 Å². The van der Waals surface area contributed by atoms with Gasteiger partial charge >= 0.3 is 12.1 Å². The van der Waals surface area contributed by atoms with Gasteiger partial charge in [-0.2, -0.15) is 13.2 Å². The van der Waals surface area contributed by atoms with E-state index in [4.69, 9.17) is 14.6 Å². The van der Waals surface area contributed by atoms with Gasteiger partial charge in [-0.15, -0.1) is 0 Å². The summed E-state index contributed by atoms with van der Waals surface area (Å²) in [7, 11) is 0. The minimum Gasteiger partial charge on any atom is -0.542 e. The molecule has 3 aromatic carbocycles. The van der Waals surface area contributed by atoms with Gasteiger partial charge in [0.25, 0.3) is 0 Å². The number of aliphatic hydroxyl groups is 1. The lowest BCUT2D eigenvalue weighted by Crippen LogP contribution is -2.66. The summed E-state index contributed by atoms with van der Waals surface area (Å²) in [5.41, 5.74) is -0.136. The van der Waals surface area contributed by atoms with E-state index < -0.39 is 23.7 Å². The number of carbonyl (C=O) groups excluding carboxylic acids is 3. The maximum atomic E-state index is 13.7. The molecule has 0 saturated carbocycles. The summed E-state index contributed by atoms with van der Waals surface area (Å²) >= 11 is 0. The Morgan fingerprint density at radius 2 is 1.34 bits per heavy atom. The molecule has 0 spiro atoms. The van der Waals surface area contributed by atoms with Crippen molar-refractivity contribution in [3.05, 3.63) is 108 Å². The number of piperidine rings is 3. The molecule has 11 heteroatoms. The smallest absolute Gasteiger partial charge is 0.430 e. The van der Waals surface area contributed by atoms with Crippen molar-refractivity contribution in [1.82, 2.24) is 5.32 Å². The number of esters is 1. The zero-order chi connectivity index (χ0) is 31.8. The van der Waals surface area contributed by atoms with E-state index in [1.165, 1.54) is 0 Å². The number of hydrogen-bond donors (Lipinski definition) is 2. The normalized spacial score (nSPS) is 21.1. The quantitative estimate of drug-likeness (QED) is 0.157. The predicted octanol–water partition coefficient (Wildman–Crippen LogP) is 2.85. The van der Waals surface area contributed by atoms with Crippen LogP contribution in [0.15, 0.2) is 91.0 Å². The van der Waals surface area contributed by atoms with Crippen LogP contribution in [0.1, 0.15) is 34.3 Å². The van der Waals surface area contributed by atoms with E-state index in [9.17, 15) is 27.9 Å². The van der Waals surface area contributed by atoms with Crippen molar-refractivity contribution in [1.29, 1.82) is 0 Å². The highest BCUT2D eigenvalue weighted by Crippen LogP contribution is 2.38.